The Hall–Kier alpha value is -1.76. The molecule has 2 rings (SSSR count). The number of benzene rings is 2. The molecule has 33 heavy (non-hydrogen) atoms. The fourth-order valence-electron chi connectivity index (χ4n) is 3.62. The Morgan fingerprint density at radius 1 is 0.424 bits per heavy atom. The molecule has 2 aromatic carbocycles. The Labute approximate surface area is 206 Å². The number of rotatable bonds is 5. The highest BCUT2D eigenvalue weighted by molar-refractivity contribution is 5.28. The highest BCUT2D eigenvalue weighted by atomic mass is 16.5. The molecule has 0 unspecified atom stereocenters. The van der Waals surface area contributed by atoms with Crippen molar-refractivity contribution in [2.24, 2.45) is 21.7 Å². The fraction of sp³-hybridized carbons (Fsp3) is 0.625. The lowest BCUT2D eigenvalue weighted by Gasteiger charge is -2.20. The largest absolute Gasteiger partial charge is 0.493 e. The maximum Gasteiger partial charge on any atom is 0.119 e. The van der Waals surface area contributed by atoms with Gasteiger partial charge in [0.1, 0.15) is 5.75 Å². The molecule has 0 aliphatic carbocycles. The predicted molar refractivity (Wildman–Crippen MR) is 147 cm³/mol. The Morgan fingerprint density at radius 2 is 0.697 bits per heavy atom. The van der Waals surface area contributed by atoms with Gasteiger partial charge in [0.05, 0.1) is 6.61 Å². The average molecular weight is 453 g/mol. The molecule has 0 aliphatic heterocycles. The summed E-state index contributed by atoms with van der Waals surface area (Å²) in [5, 5.41) is 0. The summed E-state index contributed by atoms with van der Waals surface area (Å²) in [5.41, 5.74) is 5.59. The minimum atomic E-state index is 0.212. The molecule has 2 aromatic rings. The molecule has 0 bridgehead atoms. The second kappa shape index (κ2) is 11.6. The zero-order valence-corrected chi connectivity index (χ0v) is 23.9. The summed E-state index contributed by atoms with van der Waals surface area (Å²) in [5.74, 6) is 0.970. The summed E-state index contributed by atoms with van der Waals surface area (Å²) < 4.78 is 5.76. The third kappa shape index (κ3) is 15.7. The van der Waals surface area contributed by atoms with Crippen LogP contribution in [0.4, 0.5) is 0 Å². The van der Waals surface area contributed by atoms with Crippen LogP contribution in [0.3, 0.4) is 0 Å². The summed E-state index contributed by atoms with van der Waals surface area (Å²) in [6.45, 7) is 27.8. The fourth-order valence-corrected chi connectivity index (χ4v) is 3.62. The maximum absolute atomic E-state index is 5.76. The van der Waals surface area contributed by atoms with Crippen LogP contribution in [0.2, 0.25) is 0 Å². The van der Waals surface area contributed by atoms with Crippen molar-refractivity contribution in [1.82, 2.24) is 0 Å². The number of hydrogen-bond donors (Lipinski definition) is 0. The summed E-state index contributed by atoms with van der Waals surface area (Å²) in [4.78, 5) is 0. The Kier molecular flexibility index (Phi) is 10.3. The van der Waals surface area contributed by atoms with Gasteiger partial charge in [0, 0.05) is 0 Å². The summed E-state index contributed by atoms with van der Waals surface area (Å²) in [7, 11) is 0. The lowest BCUT2D eigenvalue weighted by molar-refractivity contribution is 0.198. The van der Waals surface area contributed by atoms with Crippen LogP contribution in [-0.2, 0) is 19.3 Å². The molecule has 1 heteroatoms. The first-order chi connectivity index (χ1) is 14.8. The Morgan fingerprint density at radius 3 is 0.939 bits per heavy atom. The highest BCUT2D eigenvalue weighted by Crippen LogP contribution is 2.25. The third-order valence-electron chi connectivity index (χ3n) is 4.82. The van der Waals surface area contributed by atoms with E-state index in [-0.39, 0.29) is 5.41 Å². The van der Waals surface area contributed by atoms with Gasteiger partial charge in [-0.3, -0.25) is 0 Å². The molecule has 0 atom stereocenters. The first-order valence-corrected chi connectivity index (χ1v) is 12.6. The maximum atomic E-state index is 5.76. The SMILES string of the molecule is CC(C)(C)COc1ccc(CC(C)(C)C)cc1.CC(C)(C)Cc1ccc(CC(C)(C)C)cc1. The molecular formula is C32H52O. The zero-order chi connectivity index (χ0) is 25.5. The quantitative estimate of drug-likeness (QED) is 0.439. The van der Waals surface area contributed by atoms with Crippen LogP contribution < -0.4 is 4.74 Å². The van der Waals surface area contributed by atoms with Gasteiger partial charge in [-0.15, -0.1) is 0 Å². The van der Waals surface area contributed by atoms with Crippen molar-refractivity contribution < 1.29 is 4.74 Å². The molecule has 0 saturated heterocycles. The number of ether oxygens (including phenoxy) is 1. The standard InChI is InChI=1S/C16H26O.C16H26/c1-15(2,3)11-13-7-9-14(10-8-13)17-12-16(4,5)6;1-15(2,3)11-13-7-9-14(10-8-13)12-16(4,5)6/h7-10H,11-12H2,1-6H3;7-10H,11-12H2,1-6H3. The molecule has 0 amide bonds. The summed E-state index contributed by atoms with van der Waals surface area (Å²) in [6.07, 6.45) is 3.41. The van der Waals surface area contributed by atoms with Gasteiger partial charge in [-0.2, -0.15) is 0 Å². The van der Waals surface area contributed by atoms with Gasteiger partial charge in [0.25, 0.3) is 0 Å². The van der Waals surface area contributed by atoms with Gasteiger partial charge in [-0.1, -0.05) is 119 Å². The van der Waals surface area contributed by atoms with Crippen LogP contribution in [-0.4, -0.2) is 6.61 Å². The van der Waals surface area contributed by atoms with E-state index in [1.165, 1.54) is 16.7 Å². The monoisotopic (exact) mass is 452 g/mol. The van der Waals surface area contributed by atoms with Crippen LogP contribution in [0.25, 0.3) is 0 Å². The van der Waals surface area contributed by atoms with Crippen molar-refractivity contribution in [3.63, 3.8) is 0 Å². The van der Waals surface area contributed by atoms with Gasteiger partial charge < -0.3 is 4.74 Å². The predicted octanol–water partition coefficient (Wildman–Crippen LogP) is 9.56. The second-order valence-corrected chi connectivity index (χ2v) is 14.5. The van der Waals surface area contributed by atoms with E-state index in [0.717, 1.165) is 31.6 Å². The first-order valence-electron chi connectivity index (χ1n) is 12.6. The Bertz CT molecular complexity index is 763. The molecule has 1 nitrogen and oxygen atoms in total. The van der Waals surface area contributed by atoms with Crippen LogP contribution in [0, 0.1) is 21.7 Å². The molecule has 0 spiro atoms. The molecule has 0 radical (unpaired) electrons. The van der Waals surface area contributed by atoms with Crippen molar-refractivity contribution >= 4 is 0 Å². The molecule has 0 fully saturated rings. The van der Waals surface area contributed by atoms with E-state index in [2.05, 4.69) is 132 Å². The molecule has 186 valence electrons. The van der Waals surface area contributed by atoms with Gasteiger partial charge in [-0.25, -0.2) is 0 Å². The van der Waals surface area contributed by atoms with Crippen LogP contribution in [0.1, 0.15) is 99.8 Å². The van der Waals surface area contributed by atoms with E-state index in [1.54, 1.807) is 0 Å². The van der Waals surface area contributed by atoms with Gasteiger partial charge in [0.2, 0.25) is 0 Å². The van der Waals surface area contributed by atoms with E-state index >= 15 is 0 Å². The molecule has 0 N–H and O–H groups in total. The van der Waals surface area contributed by atoms with E-state index in [9.17, 15) is 0 Å². The van der Waals surface area contributed by atoms with Crippen molar-refractivity contribution in [2.45, 2.75) is 102 Å². The van der Waals surface area contributed by atoms with Crippen molar-refractivity contribution in [2.75, 3.05) is 6.61 Å². The van der Waals surface area contributed by atoms with Crippen molar-refractivity contribution in [1.29, 1.82) is 0 Å². The van der Waals surface area contributed by atoms with E-state index in [1.807, 2.05) is 0 Å². The van der Waals surface area contributed by atoms with Crippen LogP contribution in [0.15, 0.2) is 48.5 Å². The van der Waals surface area contributed by atoms with Crippen LogP contribution >= 0.6 is 0 Å². The minimum absolute atomic E-state index is 0.212. The molecular weight excluding hydrogens is 400 g/mol. The lowest BCUT2D eigenvalue weighted by atomic mass is 9.85. The molecule has 0 heterocycles. The normalized spacial score (nSPS) is 12.7. The summed E-state index contributed by atoms with van der Waals surface area (Å²) >= 11 is 0. The van der Waals surface area contributed by atoms with Crippen LogP contribution in [0.5, 0.6) is 5.75 Å². The average Bonchev–Trinajstić information content (AvgIpc) is 2.59. The van der Waals surface area contributed by atoms with Gasteiger partial charge >= 0.3 is 0 Å². The van der Waals surface area contributed by atoms with Gasteiger partial charge in [-0.05, 0) is 69.7 Å². The summed E-state index contributed by atoms with van der Waals surface area (Å²) in [6, 6.07) is 17.6. The van der Waals surface area contributed by atoms with Gasteiger partial charge in [0.15, 0.2) is 0 Å². The topological polar surface area (TPSA) is 9.23 Å². The highest BCUT2D eigenvalue weighted by Gasteiger charge is 2.14. The molecule has 0 saturated carbocycles. The van der Waals surface area contributed by atoms with E-state index < -0.39 is 0 Å². The zero-order valence-electron chi connectivity index (χ0n) is 23.9. The number of hydrogen-bond acceptors (Lipinski definition) is 1. The smallest absolute Gasteiger partial charge is 0.119 e. The lowest BCUT2D eigenvalue weighted by Crippen LogP contribution is -2.16. The minimum Gasteiger partial charge on any atom is -0.493 e. The van der Waals surface area contributed by atoms with Crippen molar-refractivity contribution in [3.05, 3.63) is 65.2 Å². The first kappa shape index (κ1) is 29.3. The second-order valence-electron chi connectivity index (χ2n) is 14.5. The van der Waals surface area contributed by atoms with E-state index in [0.29, 0.717) is 16.2 Å². The molecule has 0 aromatic heterocycles. The van der Waals surface area contributed by atoms with E-state index in [4.69, 9.17) is 4.74 Å². The Balaban J connectivity index is 0.000000331. The molecule has 0 aliphatic rings. The van der Waals surface area contributed by atoms with Crippen molar-refractivity contribution in [3.8, 4) is 5.75 Å². The third-order valence-corrected chi connectivity index (χ3v) is 4.82.